The van der Waals surface area contributed by atoms with E-state index in [4.69, 9.17) is 27.1 Å². The topological polar surface area (TPSA) is 114 Å². The molecule has 11 heteroatoms. The van der Waals surface area contributed by atoms with Gasteiger partial charge in [-0.15, -0.1) is 11.3 Å². The van der Waals surface area contributed by atoms with Gasteiger partial charge in [0.2, 0.25) is 0 Å². The summed E-state index contributed by atoms with van der Waals surface area (Å²) in [5, 5.41) is 7.50. The minimum atomic E-state index is -0.181. The number of methoxy groups -OCH3 is 1. The molecule has 5 aromatic rings. The van der Waals surface area contributed by atoms with E-state index < -0.39 is 0 Å². The minimum absolute atomic E-state index is 0.139. The monoisotopic (exact) mass is 453 g/mol. The summed E-state index contributed by atoms with van der Waals surface area (Å²) >= 11 is 7.71. The first-order valence-electron chi connectivity index (χ1n) is 9.25. The average molecular weight is 454 g/mol. The maximum Gasteiger partial charge on any atom is 0.267 e. The van der Waals surface area contributed by atoms with Crippen LogP contribution in [0.25, 0.3) is 26.9 Å². The van der Waals surface area contributed by atoms with Gasteiger partial charge in [0, 0.05) is 0 Å². The van der Waals surface area contributed by atoms with Crippen LogP contribution in [0.4, 0.5) is 5.82 Å². The van der Waals surface area contributed by atoms with Gasteiger partial charge in [0.05, 0.1) is 18.2 Å². The molecule has 0 bridgehead atoms. The predicted octanol–water partition coefficient (Wildman–Crippen LogP) is 3.19. The number of hydrogen-bond acceptors (Lipinski definition) is 8. The lowest BCUT2D eigenvalue weighted by atomic mass is 10.2. The number of halogens is 1. The second-order valence-corrected chi connectivity index (χ2v) is 8.06. The van der Waals surface area contributed by atoms with E-state index in [0.717, 1.165) is 5.56 Å². The summed E-state index contributed by atoms with van der Waals surface area (Å²) in [5.74, 6) is 1.25. The highest BCUT2D eigenvalue weighted by Gasteiger charge is 2.21. The number of aryl methyl sites for hydroxylation is 1. The van der Waals surface area contributed by atoms with E-state index in [1.54, 1.807) is 22.4 Å². The summed E-state index contributed by atoms with van der Waals surface area (Å²) in [5.41, 5.74) is 7.69. The van der Waals surface area contributed by atoms with E-state index in [-0.39, 0.29) is 23.1 Å². The van der Waals surface area contributed by atoms with Crippen molar-refractivity contribution in [1.29, 1.82) is 0 Å². The number of aromatic nitrogens is 6. The van der Waals surface area contributed by atoms with Gasteiger partial charge >= 0.3 is 0 Å². The van der Waals surface area contributed by atoms with Gasteiger partial charge in [-0.3, -0.25) is 9.36 Å². The van der Waals surface area contributed by atoms with Crippen LogP contribution >= 0.6 is 22.9 Å². The zero-order valence-electron chi connectivity index (χ0n) is 16.5. The molecule has 0 aliphatic heterocycles. The molecule has 0 amide bonds. The summed E-state index contributed by atoms with van der Waals surface area (Å²) < 4.78 is 8.62. The fraction of sp³-hybridized carbons (Fsp3) is 0.150. The van der Waals surface area contributed by atoms with E-state index in [2.05, 4.69) is 15.1 Å². The van der Waals surface area contributed by atoms with Crippen molar-refractivity contribution in [2.75, 3.05) is 12.8 Å². The van der Waals surface area contributed by atoms with Crippen molar-refractivity contribution in [3.63, 3.8) is 0 Å². The smallest absolute Gasteiger partial charge is 0.267 e. The van der Waals surface area contributed by atoms with Crippen molar-refractivity contribution in [2.45, 2.75) is 13.5 Å². The Bertz CT molecular complexity index is 1520. The Balaban J connectivity index is 1.80. The molecule has 0 spiro atoms. The summed E-state index contributed by atoms with van der Waals surface area (Å²) in [4.78, 5) is 27.3. The number of rotatable bonds is 4. The van der Waals surface area contributed by atoms with Gasteiger partial charge in [-0.2, -0.15) is 5.10 Å². The van der Waals surface area contributed by atoms with E-state index in [9.17, 15) is 4.79 Å². The van der Waals surface area contributed by atoms with Gasteiger partial charge in [-0.05, 0) is 30.0 Å². The maximum atomic E-state index is 13.6. The molecule has 4 aromatic heterocycles. The van der Waals surface area contributed by atoms with Crippen LogP contribution < -0.4 is 16.0 Å². The normalized spacial score (nSPS) is 11.5. The van der Waals surface area contributed by atoms with Gasteiger partial charge in [-0.25, -0.2) is 19.6 Å². The molecule has 9 nitrogen and oxygen atoms in total. The number of ether oxygens (including phenoxy) is 1. The fourth-order valence-electron chi connectivity index (χ4n) is 3.57. The third kappa shape index (κ3) is 3.03. The Hall–Kier alpha value is -3.50. The number of fused-ring (bicyclic) bond motifs is 2. The second-order valence-electron chi connectivity index (χ2n) is 6.85. The lowest BCUT2D eigenvalue weighted by molar-refractivity contribution is 0.412. The van der Waals surface area contributed by atoms with Gasteiger partial charge < -0.3 is 10.5 Å². The van der Waals surface area contributed by atoms with Crippen LogP contribution in [0, 0.1) is 6.92 Å². The predicted molar refractivity (Wildman–Crippen MR) is 120 cm³/mol. The second kappa shape index (κ2) is 7.33. The molecule has 0 atom stereocenters. The maximum absolute atomic E-state index is 13.6. The van der Waals surface area contributed by atoms with Crippen LogP contribution in [0.5, 0.6) is 5.75 Å². The van der Waals surface area contributed by atoms with E-state index in [0.29, 0.717) is 38.5 Å². The molecule has 0 unspecified atom stereocenters. The molecule has 0 saturated heterocycles. The number of anilines is 1. The van der Waals surface area contributed by atoms with Crippen molar-refractivity contribution in [3.05, 3.63) is 62.9 Å². The van der Waals surface area contributed by atoms with Gasteiger partial charge in [0.15, 0.2) is 10.8 Å². The lowest BCUT2D eigenvalue weighted by Crippen LogP contribution is -2.26. The molecule has 0 fully saturated rings. The van der Waals surface area contributed by atoms with E-state index >= 15 is 0 Å². The van der Waals surface area contributed by atoms with Gasteiger partial charge in [-0.1, -0.05) is 23.7 Å². The number of thiophene rings is 1. The van der Waals surface area contributed by atoms with Crippen LogP contribution in [0.1, 0.15) is 11.4 Å². The van der Waals surface area contributed by atoms with Crippen molar-refractivity contribution >= 4 is 50.0 Å². The molecule has 5 rings (SSSR count). The van der Waals surface area contributed by atoms with E-state index in [1.807, 2.05) is 30.5 Å². The standard InChI is InChI=1S/C20H16ClN7O2S/c1-10-8-31-19-14(10)20(29)28(11-5-3-4-6-12(11)30-2)13(25-19)7-27-18-15(16(21)26-27)17(22)23-9-24-18/h3-6,8-9H,7H2,1-2H3,(H2,22,23,24). The van der Waals surface area contributed by atoms with E-state index in [1.165, 1.54) is 17.7 Å². The molecule has 1 aromatic carbocycles. The van der Waals surface area contributed by atoms with Crippen LogP contribution in [-0.2, 0) is 6.54 Å². The molecular weight excluding hydrogens is 438 g/mol. The number of hydrogen-bond donors (Lipinski definition) is 1. The molecular formula is C20H16ClN7O2S. The number of nitrogens with two attached hydrogens (primary N) is 1. The van der Waals surface area contributed by atoms with Crippen molar-refractivity contribution < 1.29 is 4.74 Å². The molecule has 0 aliphatic carbocycles. The van der Waals surface area contributed by atoms with Crippen LogP contribution in [-0.4, -0.2) is 36.4 Å². The zero-order valence-corrected chi connectivity index (χ0v) is 18.1. The van der Waals surface area contributed by atoms with Crippen LogP contribution in [0.2, 0.25) is 5.15 Å². The highest BCUT2D eigenvalue weighted by atomic mass is 35.5. The molecule has 2 N–H and O–H groups in total. The number of para-hydroxylation sites is 2. The Morgan fingerprint density at radius 2 is 2.03 bits per heavy atom. The number of nitrogens with zero attached hydrogens (tertiary/aromatic N) is 6. The van der Waals surface area contributed by atoms with Crippen molar-refractivity contribution in [1.82, 2.24) is 29.3 Å². The number of nitrogen functional groups attached to an aromatic ring is 1. The highest BCUT2D eigenvalue weighted by Crippen LogP contribution is 2.28. The summed E-state index contributed by atoms with van der Waals surface area (Å²) in [6.07, 6.45) is 1.35. The van der Waals surface area contributed by atoms with Gasteiger partial charge in [0.25, 0.3) is 5.56 Å². The first-order chi connectivity index (χ1) is 15.0. The molecule has 4 heterocycles. The Morgan fingerprint density at radius 1 is 1.23 bits per heavy atom. The zero-order chi connectivity index (χ0) is 21.7. The first-order valence-corrected chi connectivity index (χ1v) is 10.5. The Labute approximate surface area is 184 Å². The quantitative estimate of drug-likeness (QED) is 0.444. The molecule has 31 heavy (non-hydrogen) atoms. The largest absolute Gasteiger partial charge is 0.495 e. The van der Waals surface area contributed by atoms with Crippen molar-refractivity contribution in [3.8, 4) is 11.4 Å². The molecule has 0 radical (unpaired) electrons. The molecule has 0 saturated carbocycles. The third-order valence-electron chi connectivity index (χ3n) is 4.99. The average Bonchev–Trinajstić information content (AvgIpc) is 3.29. The van der Waals surface area contributed by atoms with Crippen LogP contribution in [0.15, 0.2) is 40.8 Å². The Morgan fingerprint density at radius 3 is 2.84 bits per heavy atom. The first kappa shape index (κ1) is 19.5. The summed E-state index contributed by atoms with van der Waals surface area (Å²) in [7, 11) is 1.56. The summed E-state index contributed by atoms with van der Waals surface area (Å²) in [6, 6.07) is 7.29. The van der Waals surface area contributed by atoms with Gasteiger partial charge in [0.1, 0.15) is 40.5 Å². The molecule has 156 valence electrons. The lowest BCUT2D eigenvalue weighted by Gasteiger charge is -2.15. The highest BCUT2D eigenvalue weighted by molar-refractivity contribution is 7.16. The Kier molecular flexibility index (Phi) is 4.60. The summed E-state index contributed by atoms with van der Waals surface area (Å²) in [6.45, 7) is 2.04. The molecule has 0 aliphatic rings. The third-order valence-corrected chi connectivity index (χ3v) is 6.25. The number of benzene rings is 1. The fourth-order valence-corrected chi connectivity index (χ4v) is 4.77. The van der Waals surface area contributed by atoms with Crippen molar-refractivity contribution in [2.24, 2.45) is 0 Å². The minimum Gasteiger partial charge on any atom is -0.495 e. The SMILES string of the molecule is COc1ccccc1-n1c(Cn2nc(Cl)c3c(N)ncnc32)nc2scc(C)c2c1=O. The van der Waals surface area contributed by atoms with Crippen LogP contribution in [0.3, 0.4) is 0 Å².